The molecule has 0 atom stereocenters. The number of hydrogen-bond acceptors (Lipinski definition) is 4. The second-order valence-corrected chi connectivity index (χ2v) is 4.52. The highest BCUT2D eigenvalue weighted by molar-refractivity contribution is 5.95. The number of halogens is 4. The molecule has 0 radical (unpaired) electrons. The minimum absolute atomic E-state index is 0.0373. The fraction of sp³-hybridized carbons (Fsp3) is 0.125. The summed E-state index contributed by atoms with van der Waals surface area (Å²) in [6.45, 7) is -6.28. The summed E-state index contributed by atoms with van der Waals surface area (Å²) in [6.07, 6.45) is 1.05. The molecule has 0 spiro atoms. The number of nitrogens with one attached hydrogen (secondary N) is 1. The lowest BCUT2D eigenvalue weighted by Gasteiger charge is -2.10. The van der Waals surface area contributed by atoms with Crippen LogP contribution in [0, 0.1) is 0 Å². The van der Waals surface area contributed by atoms with Crippen molar-refractivity contribution >= 4 is 12.1 Å². The van der Waals surface area contributed by atoms with Crippen LogP contribution in [-0.2, 0) is 0 Å². The van der Waals surface area contributed by atoms with Crippen molar-refractivity contribution in [3.63, 3.8) is 0 Å². The van der Waals surface area contributed by atoms with Crippen molar-refractivity contribution in [3.05, 3.63) is 59.7 Å². The van der Waals surface area contributed by atoms with E-state index < -0.39 is 24.9 Å². The van der Waals surface area contributed by atoms with Crippen LogP contribution >= 0.6 is 0 Å². The average Bonchev–Trinajstić information content (AvgIpc) is 2.56. The Morgan fingerprint density at radius 1 is 1.00 bits per heavy atom. The fourth-order valence-electron chi connectivity index (χ4n) is 1.81. The molecule has 2 rings (SSSR count). The molecule has 0 fully saturated rings. The van der Waals surface area contributed by atoms with Crippen LogP contribution < -0.4 is 14.9 Å². The van der Waals surface area contributed by atoms with Crippen molar-refractivity contribution in [2.75, 3.05) is 0 Å². The highest BCUT2D eigenvalue weighted by Gasteiger charge is 2.12. The average molecular weight is 356 g/mol. The third-order valence-electron chi connectivity index (χ3n) is 2.83. The van der Waals surface area contributed by atoms with Gasteiger partial charge in [-0.3, -0.25) is 4.79 Å². The number of ether oxygens (including phenoxy) is 2. The smallest absolute Gasteiger partial charge is 0.387 e. The van der Waals surface area contributed by atoms with Crippen molar-refractivity contribution in [1.29, 1.82) is 0 Å². The Labute approximate surface area is 139 Å². The van der Waals surface area contributed by atoms with Crippen LogP contribution in [0.4, 0.5) is 17.6 Å². The van der Waals surface area contributed by atoms with Gasteiger partial charge in [0.05, 0.1) is 6.21 Å². The van der Waals surface area contributed by atoms with Gasteiger partial charge in [0.25, 0.3) is 5.91 Å². The maximum absolute atomic E-state index is 12.4. The van der Waals surface area contributed by atoms with E-state index in [0.717, 1.165) is 18.3 Å². The van der Waals surface area contributed by atoms with Crippen molar-refractivity contribution in [2.24, 2.45) is 5.10 Å². The van der Waals surface area contributed by atoms with Crippen molar-refractivity contribution < 1.29 is 31.8 Å². The van der Waals surface area contributed by atoms with Gasteiger partial charge in [-0.25, -0.2) is 5.43 Å². The molecule has 1 N–H and O–H groups in total. The van der Waals surface area contributed by atoms with Crippen LogP contribution in [0.2, 0.25) is 0 Å². The summed E-state index contributed by atoms with van der Waals surface area (Å²) in [7, 11) is 0. The Bertz CT molecular complexity index is 739. The lowest BCUT2D eigenvalue weighted by Crippen LogP contribution is -2.17. The largest absolute Gasteiger partial charge is 0.435 e. The van der Waals surface area contributed by atoms with Crippen molar-refractivity contribution in [3.8, 4) is 11.5 Å². The summed E-state index contributed by atoms with van der Waals surface area (Å²) in [5, 5.41) is 3.64. The highest BCUT2D eigenvalue weighted by Crippen LogP contribution is 2.26. The summed E-state index contributed by atoms with van der Waals surface area (Å²) in [5.74, 6) is -1.28. The van der Waals surface area contributed by atoms with Gasteiger partial charge in [-0.05, 0) is 24.3 Å². The molecule has 0 bridgehead atoms. The van der Waals surface area contributed by atoms with E-state index in [0.29, 0.717) is 5.56 Å². The zero-order chi connectivity index (χ0) is 18.2. The zero-order valence-corrected chi connectivity index (χ0v) is 12.5. The lowest BCUT2D eigenvalue weighted by molar-refractivity contribution is -0.0543. The first-order valence-corrected chi connectivity index (χ1v) is 6.88. The SMILES string of the molecule is O=C(N/N=C/c1ccc(OC(F)F)cc1OC(F)F)c1ccccc1. The van der Waals surface area contributed by atoms with E-state index in [9.17, 15) is 22.4 Å². The molecule has 0 aromatic heterocycles. The van der Waals surface area contributed by atoms with E-state index in [2.05, 4.69) is 20.0 Å². The van der Waals surface area contributed by atoms with Crippen molar-refractivity contribution in [1.82, 2.24) is 5.43 Å². The molecule has 0 saturated heterocycles. The predicted octanol–water partition coefficient (Wildman–Crippen LogP) is 3.65. The first-order valence-electron chi connectivity index (χ1n) is 6.88. The summed E-state index contributed by atoms with van der Waals surface area (Å²) in [4.78, 5) is 11.8. The molecule has 0 heterocycles. The summed E-state index contributed by atoms with van der Waals surface area (Å²) < 4.78 is 57.6. The molecule has 0 unspecified atom stereocenters. The van der Waals surface area contributed by atoms with Gasteiger partial charge in [-0.1, -0.05) is 18.2 Å². The van der Waals surface area contributed by atoms with E-state index >= 15 is 0 Å². The second-order valence-electron chi connectivity index (χ2n) is 4.52. The molecule has 2 aromatic carbocycles. The molecule has 9 heteroatoms. The Balaban J connectivity index is 2.12. The normalized spacial score (nSPS) is 11.1. The number of hydrazone groups is 1. The molecule has 2 aromatic rings. The van der Waals surface area contributed by atoms with E-state index in [-0.39, 0.29) is 11.3 Å². The Hall–Kier alpha value is -3.10. The van der Waals surface area contributed by atoms with Crippen LogP contribution in [0.3, 0.4) is 0 Å². The van der Waals surface area contributed by atoms with Crippen LogP contribution in [0.25, 0.3) is 0 Å². The highest BCUT2D eigenvalue weighted by atomic mass is 19.3. The zero-order valence-electron chi connectivity index (χ0n) is 12.5. The number of alkyl halides is 4. The standard InChI is InChI=1S/C16H12F4N2O3/c17-15(18)24-12-7-6-11(13(8-12)25-16(19)20)9-21-22-14(23)10-4-2-1-3-5-10/h1-9,15-16H,(H,22,23)/b21-9+. The number of benzene rings is 2. The summed E-state index contributed by atoms with van der Waals surface area (Å²) in [5.41, 5.74) is 2.60. The van der Waals surface area contributed by atoms with E-state index in [1.807, 2.05) is 0 Å². The molecule has 25 heavy (non-hydrogen) atoms. The molecule has 0 saturated carbocycles. The Kier molecular flexibility index (Phi) is 6.33. The number of hydrogen-bond donors (Lipinski definition) is 1. The molecule has 0 aliphatic carbocycles. The monoisotopic (exact) mass is 356 g/mol. The first kappa shape index (κ1) is 18.2. The van der Waals surface area contributed by atoms with Gasteiger partial charge < -0.3 is 9.47 Å². The quantitative estimate of drug-likeness (QED) is 0.468. The van der Waals surface area contributed by atoms with Crippen LogP contribution in [-0.4, -0.2) is 25.3 Å². The molecule has 0 aliphatic heterocycles. The van der Waals surface area contributed by atoms with Gasteiger partial charge in [0.2, 0.25) is 0 Å². The van der Waals surface area contributed by atoms with Gasteiger partial charge in [0.15, 0.2) is 0 Å². The van der Waals surface area contributed by atoms with E-state index in [1.165, 1.54) is 6.07 Å². The molecular formula is C16H12F4N2O3. The fourth-order valence-corrected chi connectivity index (χ4v) is 1.81. The number of nitrogens with zero attached hydrogens (tertiary/aromatic N) is 1. The molecule has 0 aliphatic rings. The minimum Gasteiger partial charge on any atom is -0.435 e. The Morgan fingerprint density at radius 3 is 2.32 bits per heavy atom. The van der Waals surface area contributed by atoms with Crippen LogP contribution in [0.15, 0.2) is 53.6 Å². The number of amides is 1. The summed E-state index contributed by atoms with van der Waals surface area (Å²) >= 11 is 0. The van der Waals surface area contributed by atoms with Gasteiger partial charge in [-0.2, -0.15) is 22.7 Å². The second kappa shape index (κ2) is 8.67. The van der Waals surface area contributed by atoms with Gasteiger partial charge in [-0.15, -0.1) is 0 Å². The predicted molar refractivity (Wildman–Crippen MR) is 81.2 cm³/mol. The third-order valence-corrected chi connectivity index (χ3v) is 2.83. The molecule has 5 nitrogen and oxygen atoms in total. The van der Waals surface area contributed by atoms with Gasteiger partial charge in [0.1, 0.15) is 11.5 Å². The molecular weight excluding hydrogens is 344 g/mol. The molecule has 132 valence electrons. The third kappa shape index (κ3) is 5.79. The van der Waals surface area contributed by atoms with Crippen molar-refractivity contribution in [2.45, 2.75) is 13.2 Å². The van der Waals surface area contributed by atoms with Crippen LogP contribution in [0.1, 0.15) is 15.9 Å². The first-order chi connectivity index (χ1) is 12.0. The topological polar surface area (TPSA) is 59.9 Å². The van der Waals surface area contributed by atoms with Crippen LogP contribution in [0.5, 0.6) is 11.5 Å². The van der Waals surface area contributed by atoms with Gasteiger partial charge in [0, 0.05) is 17.2 Å². The molecule has 1 amide bonds. The maximum atomic E-state index is 12.4. The number of rotatable bonds is 7. The summed E-state index contributed by atoms with van der Waals surface area (Å²) in [6, 6.07) is 11.4. The minimum atomic E-state index is -3.17. The lowest BCUT2D eigenvalue weighted by atomic mass is 10.2. The maximum Gasteiger partial charge on any atom is 0.387 e. The van der Waals surface area contributed by atoms with E-state index in [1.54, 1.807) is 30.3 Å². The number of carbonyl (C=O) groups excluding carboxylic acids is 1. The van der Waals surface area contributed by atoms with Gasteiger partial charge >= 0.3 is 13.2 Å². The number of carbonyl (C=O) groups is 1. The van der Waals surface area contributed by atoms with E-state index in [4.69, 9.17) is 0 Å². The Morgan fingerprint density at radius 2 is 1.68 bits per heavy atom.